The Morgan fingerprint density at radius 2 is 1.91 bits per heavy atom. The first-order chi connectivity index (χ1) is 16.9. The number of aromatic hydroxyl groups is 1. The van der Waals surface area contributed by atoms with Crippen LogP contribution in [0.4, 0.5) is 4.39 Å². The zero-order valence-corrected chi connectivity index (χ0v) is 19.7. The molecule has 0 saturated heterocycles. The van der Waals surface area contributed by atoms with Gasteiger partial charge in [0.2, 0.25) is 5.75 Å². The normalized spacial score (nSPS) is 20.9. The fourth-order valence-corrected chi connectivity index (χ4v) is 5.55. The van der Waals surface area contributed by atoms with Gasteiger partial charge in [0.1, 0.15) is 11.6 Å². The van der Waals surface area contributed by atoms with Crippen molar-refractivity contribution in [1.29, 1.82) is 0 Å². The molecule has 7 nitrogen and oxygen atoms in total. The summed E-state index contributed by atoms with van der Waals surface area (Å²) in [5.74, 6) is -0.633. The Labute approximate surface area is 203 Å². The maximum absolute atomic E-state index is 13.2. The number of nitrogens with one attached hydrogen (secondary N) is 1. The molecule has 1 saturated carbocycles. The molecule has 182 valence electrons. The number of rotatable bonds is 6. The zero-order valence-electron chi connectivity index (χ0n) is 19.7. The maximum Gasteiger partial charge on any atom is 0.296 e. The highest BCUT2D eigenvalue weighted by Gasteiger charge is 2.49. The van der Waals surface area contributed by atoms with E-state index in [1.807, 2.05) is 25.2 Å². The van der Waals surface area contributed by atoms with E-state index in [0.29, 0.717) is 30.4 Å². The lowest BCUT2D eigenvalue weighted by atomic mass is 9.92. The third-order valence-electron chi connectivity index (χ3n) is 7.49. The fraction of sp³-hybridized carbons (Fsp3) is 0.370. The van der Waals surface area contributed by atoms with Crippen LogP contribution in [0, 0.1) is 11.7 Å². The van der Waals surface area contributed by atoms with Crippen LogP contribution in [0.3, 0.4) is 0 Å². The van der Waals surface area contributed by atoms with Crippen molar-refractivity contribution in [3.63, 3.8) is 0 Å². The molecule has 8 heteroatoms. The highest BCUT2D eigenvalue weighted by Crippen LogP contribution is 2.49. The molecule has 1 fully saturated rings. The first kappa shape index (κ1) is 23.2. The van der Waals surface area contributed by atoms with Crippen LogP contribution in [0.1, 0.15) is 53.1 Å². The van der Waals surface area contributed by atoms with Gasteiger partial charge in [0, 0.05) is 19.6 Å². The van der Waals surface area contributed by atoms with E-state index in [9.17, 15) is 19.1 Å². The van der Waals surface area contributed by atoms with Gasteiger partial charge in [0.05, 0.1) is 5.54 Å². The number of carbonyl (C=O) groups excluding carboxylic acids is 1. The quantitative estimate of drug-likeness (QED) is 0.568. The average Bonchev–Trinajstić information content (AvgIpc) is 3.22. The van der Waals surface area contributed by atoms with Crippen LogP contribution in [0.2, 0.25) is 0 Å². The Bertz CT molecular complexity index is 1290. The molecule has 0 spiro atoms. The number of hydrogen-bond acceptors (Lipinski definition) is 5. The monoisotopic (exact) mass is 476 g/mol. The molecule has 35 heavy (non-hydrogen) atoms. The second-order valence-electron chi connectivity index (χ2n) is 9.67. The van der Waals surface area contributed by atoms with Gasteiger partial charge in [-0.3, -0.25) is 19.1 Å². The number of aromatic nitrogens is 2. The van der Waals surface area contributed by atoms with Crippen LogP contribution in [0.5, 0.6) is 5.75 Å². The molecule has 2 unspecified atom stereocenters. The van der Waals surface area contributed by atoms with Gasteiger partial charge >= 0.3 is 0 Å². The minimum Gasteiger partial charge on any atom is -0.501 e. The van der Waals surface area contributed by atoms with E-state index in [1.165, 1.54) is 12.1 Å². The van der Waals surface area contributed by atoms with Crippen molar-refractivity contribution in [3.05, 3.63) is 93.4 Å². The first-order valence-corrected chi connectivity index (χ1v) is 12.0. The Balaban J connectivity index is 1.50. The van der Waals surface area contributed by atoms with Gasteiger partial charge in [-0.15, -0.1) is 0 Å². The number of hydrogen-bond donors (Lipinski definition) is 2. The largest absolute Gasteiger partial charge is 0.501 e. The van der Waals surface area contributed by atoms with Crippen LogP contribution in [-0.4, -0.2) is 32.5 Å². The molecular formula is C27H29FN4O3. The lowest BCUT2D eigenvalue weighted by Crippen LogP contribution is -2.46. The van der Waals surface area contributed by atoms with Crippen LogP contribution in [-0.2, 0) is 25.2 Å². The highest BCUT2D eigenvalue weighted by molar-refractivity contribution is 5.94. The smallest absolute Gasteiger partial charge is 0.296 e. The maximum atomic E-state index is 13.2. The van der Waals surface area contributed by atoms with Crippen LogP contribution in [0.25, 0.3) is 0 Å². The molecule has 1 aromatic heterocycles. The predicted octanol–water partition coefficient (Wildman–Crippen LogP) is 3.55. The molecule has 1 aliphatic carbocycles. The lowest BCUT2D eigenvalue weighted by molar-refractivity contribution is 0.0914. The van der Waals surface area contributed by atoms with Crippen molar-refractivity contribution >= 4 is 5.91 Å². The molecule has 1 aliphatic heterocycles. The van der Waals surface area contributed by atoms with Gasteiger partial charge in [0.25, 0.3) is 11.5 Å². The Morgan fingerprint density at radius 1 is 1.17 bits per heavy atom. The Morgan fingerprint density at radius 3 is 2.66 bits per heavy atom. The van der Waals surface area contributed by atoms with Gasteiger partial charge in [-0.2, -0.15) is 0 Å². The SMILES string of the molecule is CN(Cc1ccccc1)C12CCC(CCn3c1nc(C(=O)NCc1ccc(F)cc1)c(O)c3=O)C2. The molecule has 2 bridgehead atoms. The van der Waals surface area contributed by atoms with E-state index in [1.54, 1.807) is 16.7 Å². The standard InChI is InChI=1S/C27H29FN4O3/c1-31(17-20-5-3-2-4-6-20)27-13-11-18(15-27)12-14-32-25(35)23(33)22(30-26(27)32)24(34)29-16-19-7-9-21(28)10-8-19/h2-10,18,33H,11-17H2,1H3,(H,29,34). The van der Waals surface area contributed by atoms with Crippen molar-refractivity contribution in [3.8, 4) is 5.75 Å². The molecular weight excluding hydrogens is 447 g/mol. The molecule has 2 aromatic carbocycles. The summed E-state index contributed by atoms with van der Waals surface area (Å²) in [7, 11) is 2.04. The van der Waals surface area contributed by atoms with Crippen molar-refractivity contribution in [2.45, 2.75) is 50.9 Å². The molecule has 0 radical (unpaired) electrons. The Hall–Kier alpha value is -3.52. The third kappa shape index (κ3) is 4.34. The second kappa shape index (κ2) is 9.26. The number of nitrogens with zero attached hydrogens (tertiary/aromatic N) is 3. The predicted molar refractivity (Wildman–Crippen MR) is 129 cm³/mol. The highest BCUT2D eigenvalue weighted by atomic mass is 19.1. The van der Waals surface area contributed by atoms with Crippen LogP contribution in [0.15, 0.2) is 59.4 Å². The van der Waals surface area contributed by atoms with Gasteiger partial charge in [-0.25, -0.2) is 9.37 Å². The van der Waals surface area contributed by atoms with Crippen LogP contribution >= 0.6 is 0 Å². The summed E-state index contributed by atoms with van der Waals surface area (Å²) in [6.45, 7) is 1.27. The zero-order chi connectivity index (χ0) is 24.6. The number of benzene rings is 2. The molecule has 2 atom stereocenters. The van der Waals surface area contributed by atoms with Gasteiger partial charge in [0.15, 0.2) is 5.69 Å². The minimum atomic E-state index is -0.635. The summed E-state index contributed by atoms with van der Waals surface area (Å²) < 4.78 is 14.7. The fourth-order valence-electron chi connectivity index (χ4n) is 5.55. The summed E-state index contributed by atoms with van der Waals surface area (Å²) in [4.78, 5) is 33.2. The number of amides is 1. The molecule has 1 amide bonds. The lowest BCUT2D eigenvalue weighted by Gasteiger charge is -2.39. The molecule has 2 aliphatic rings. The minimum absolute atomic E-state index is 0.125. The molecule has 2 N–H and O–H groups in total. The first-order valence-electron chi connectivity index (χ1n) is 12.0. The summed E-state index contributed by atoms with van der Waals surface area (Å²) in [6, 6.07) is 15.9. The second-order valence-corrected chi connectivity index (χ2v) is 9.67. The van der Waals surface area contributed by atoms with Gasteiger partial charge in [-0.1, -0.05) is 42.5 Å². The van der Waals surface area contributed by atoms with E-state index in [2.05, 4.69) is 27.3 Å². The Kier molecular flexibility index (Phi) is 6.15. The van der Waals surface area contributed by atoms with Crippen molar-refractivity contribution < 1.29 is 14.3 Å². The van der Waals surface area contributed by atoms with Crippen molar-refractivity contribution in [2.75, 3.05) is 7.05 Å². The van der Waals surface area contributed by atoms with E-state index in [0.717, 1.165) is 31.2 Å². The number of fused-ring (bicyclic) bond motifs is 4. The van der Waals surface area contributed by atoms with Crippen molar-refractivity contribution in [1.82, 2.24) is 19.8 Å². The molecule has 5 rings (SSSR count). The van der Waals surface area contributed by atoms with Gasteiger partial charge < -0.3 is 10.4 Å². The topological polar surface area (TPSA) is 87.5 Å². The van der Waals surface area contributed by atoms with E-state index >= 15 is 0 Å². The summed E-state index contributed by atoms with van der Waals surface area (Å²) in [5, 5.41) is 13.4. The summed E-state index contributed by atoms with van der Waals surface area (Å²) in [5.41, 5.74) is 0.504. The van der Waals surface area contributed by atoms with Crippen molar-refractivity contribution in [2.24, 2.45) is 5.92 Å². The summed E-state index contributed by atoms with van der Waals surface area (Å²) in [6.07, 6.45) is 3.55. The number of halogens is 1. The number of carbonyl (C=O) groups is 1. The van der Waals surface area contributed by atoms with Gasteiger partial charge in [-0.05, 0) is 61.9 Å². The summed E-state index contributed by atoms with van der Waals surface area (Å²) >= 11 is 0. The van der Waals surface area contributed by atoms with E-state index in [4.69, 9.17) is 0 Å². The third-order valence-corrected chi connectivity index (χ3v) is 7.49. The van der Waals surface area contributed by atoms with E-state index < -0.39 is 22.8 Å². The molecule has 2 heterocycles. The average molecular weight is 477 g/mol. The van der Waals surface area contributed by atoms with Crippen LogP contribution < -0.4 is 10.9 Å². The molecule has 3 aromatic rings. The van der Waals surface area contributed by atoms with E-state index in [-0.39, 0.29) is 18.1 Å².